The van der Waals surface area contributed by atoms with Gasteiger partial charge in [0.25, 0.3) is 0 Å². The zero-order valence-electron chi connectivity index (χ0n) is 15.4. The molecule has 1 amide bonds. The summed E-state index contributed by atoms with van der Waals surface area (Å²) in [7, 11) is 0. The molecule has 1 fully saturated rings. The van der Waals surface area contributed by atoms with Crippen molar-refractivity contribution in [2.75, 3.05) is 36.8 Å². The highest BCUT2D eigenvalue weighted by Crippen LogP contribution is 2.26. The van der Waals surface area contributed by atoms with E-state index in [9.17, 15) is 4.79 Å². The van der Waals surface area contributed by atoms with Crippen LogP contribution in [0.25, 0.3) is 10.6 Å². The molecule has 146 valence electrons. The summed E-state index contributed by atoms with van der Waals surface area (Å²) in [5, 5.41) is 14.2. The van der Waals surface area contributed by atoms with Crippen molar-refractivity contribution in [2.24, 2.45) is 0 Å². The molecule has 1 aliphatic rings. The molecule has 0 N–H and O–H groups in total. The molecule has 28 heavy (non-hydrogen) atoms. The van der Waals surface area contributed by atoms with Gasteiger partial charge in [-0.1, -0.05) is 11.2 Å². The van der Waals surface area contributed by atoms with E-state index < -0.39 is 0 Å². The van der Waals surface area contributed by atoms with Gasteiger partial charge in [-0.2, -0.15) is 5.10 Å². The number of rotatable bonds is 6. The van der Waals surface area contributed by atoms with Gasteiger partial charge >= 0.3 is 0 Å². The first-order chi connectivity index (χ1) is 13.8. The molecule has 4 rings (SSSR count). The normalized spacial score (nSPS) is 14.9. The second-order valence-electron chi connectivity index (χ2n) is 6.46. The summed E-state index contributed by atoms with van der Waals surface area (Å²) in [6, 6.07) is 9.80. The van der Waals surface area contributed by atoms with Crippen LogP contribution in [0.1, 0.15) is 12.1 Å². The Morgan fingerprint density at radius 3 is 3.00 bits per heavy atom. The fraction of sp³-hybridized carbons (Fsp3) is 0.368. The van der Waals surface area contributed by atoms with Crippen molar-refractivity contribution < 1.29 is 9.32 Å². The predicted octanol–water partition coefficient (Wildman–Crippen LogP) is 3.17. The van der Waals surface area contributed by atoms with Crippen molar-refractivity contribution in [3.05, 3.63) is 47.6 Å². The molecule has 0 aliphatic carbocycles. The molecule has 0 unspecified atom stereocenters. The van der Waals surface area contributed by atoms with E-state index in [1.165, 1.54) is 0 Å². The third-order valence-corrected chi connectivity index (χ3v) is 6.36. The number of thiophene rings is 1. The van der Waals surface area contributed by atoms with Crippen molar-refractivity contribution in [2.45, 2.75) is 12.2 Å². The SMILES string of the molecule is O=C(CSCc1cc(-c2cccs2)on1)N1CCCN(c2cccnn2)CC1. The summed E-state index contributed by atoms with van der Waals surface area (Å²) >= 11 is 3.20. The first-order valence-corrected chi connectivity index (χ1v) is 11.2. The fourth-order valence-electron chi connectivity index (χ4n) is 3.11. The van der Waals surface area contributed by atoms with Gasteiger partial charge in [-0.25, -0.2) is 0 Å². The van der Waals surface area contributed by atoms with E-state index in [2.05, 4.69) is 20.3 Å². The lowest BCUT2D eigenvalue weighted by Gasteiger charge is -2.22. The Hall–Kier alpha value is -2.39. The van der Waals surface area contributed by atoms with E-state index in [1.54, 1.807) is 29.3 Å². The molecule has 4 heterocycles. The molecule has 0 bridgehead atoms. The van der Waals surface area contributed by atoms with Crippen LogP contribution in [0, 0.1) is 0 Å². The molecule has 9 heteroatoms. The van der Waals surface area contributed by atoms with Gasteiger partial charge in [-0.15, -0.1) is 28.2 Å². The molecule has 1 saturated heterocycles. The Morgan fingerprint density at radius 2 is 2.18 bits per heavy atom. The number of aromatic nitrogens is 3. The summed E-state index contributed by atoms with van der Waals surface area (Å²) in [5.74, 6) is 2.95. The van der Waals surface area contributed by atoms with Crippen LogP contribution in [0.15, 0.2) is 46.4 Å². The average molecular weight is 416 g/mol. The molecule has 7 nitrogen and oxygen atoms in total. The van der Waals surface area contributed by atoms with Crippen molar-refractivity contribution in [1.82, 2.24) is 20.3 Å². The first-order valence-electron chi connectivity index (χ1n) is 9.17. The van der Waals surface area contributed by atoms with Crippen molar-refractivity contribution in [3.8, 4) is 10.6 Å². The van der Waals surface area contributed by atoms with Crippen LogP contribution in [0.4, 0.5) is 5.82 Å². The summed E-state index contributed by atoms with van der Waals surface area (Å²) < 4.78 is 5.39. The summed E-state index contributed by atoms with van der Waals surface area (Å²) in [5.41, 5.74) is 0.867. The second kappa shape index (κ2) is 9.20. The van der Waals surface area contributed by atoms with Gasteiger partial charge in [-0.05, 0) is 30.0 Å². The Labute approximate surface area is 171 Å². The zero-order chi connectivity index (χ0) is 19.2. The highest BCUT2D eigenvalue weighted by Gasteiger charge is 2.20. The Bertz CT molecular complexity index is 885. The zero-order valence-corrected chi connectivity index (χ0v) is 17.0. The maximum Gasteiger partial charge on any atom is 0.232 e. The highest BCUT2D eigenvalue weighted by molar-refractivity contribution is 7.99. The molecule has 0 atom stereocenters. The van der Waals surface area contributed by atoms with Gasteiger partial charge in [-0.3, -0.25) is 4.79 Å². The summed E-state index contributed by atoms with van der Waals surface area (Å²) in [4.78, 5) is 17.8. The molecule has 3 aromatic rings. The first kappa shape index (κ1) is 18.9. The summed E-state index contributed by atoms with van der Waals surface area (Å²) in [6.07, 6.45) is 2.60. The lowest BCUT2D eigenvalue weighted by molar-refractivity contribution is -0.128. The minimum absolute atomic E-state index is 0.174. The van der Waals surface area contributed by atoms with Crippen molar-refractivity contribution in [3.63, 3.8) is 0 Å². The number of hydrogen-bond acceptors (Lipinski definition) is 8. The quantitative estimate of drug-likeness (QED) is 0.612. The summed E-state index contributed by atoms with van der Waals surface area (Å²) in [6.45, 7) is 3.16. The number of amides is 1. The monoisotopic (exact) mass is 415 g/mol. The third kappa shape index (κ3) is 4.71. The van der Waals surface area contributed by atoms with Crippen LogP contribution in [0.3, 0.4) is 0 Å². The van der Waals surface area contributed by atoms with E-state index >= 15 is 0 Å². The minimum Gasteiger partial charge on any atom is -0.355 e. The maximum atomic E-state index is 12.6. The van der Waals surface area contributed by atoms with Crippen molar-refractivity contribution in [1.29, 1.82) is 0 Å². The number of carbonyl (C=O) groups is 1. The average Bonchev–Trinajstić information content (AvgIpc) is 3.36. The molecule has 1 aliphatic heterocycles. The Kier molecular flexibility index (Phi) is 6.23. The Balaban J connectivity index is 1.24. The van der Waals surface area contributed by atoms with Crippen LogP contribution in [0.2, 0.25) is 0 Å². The van der Waals surface area contributed by atoms with Gasteiger partial charge in [0.15, 0.2) is 11.6 Å². The third-order valence-electron chi connectivity index (χ3n) is 4.53. The van der Waals surface area contributed by atoms with Crippen LogP contribution in [-0.2, 0) is 10.5 Å². The van der Waals surface area contributed by atoms with E-state index in [-0.39, 0.29) is 5.91 Å². The van der Waals surface area contributed by atoms with Gasteiger partial charge in [0.1, 0.15) is 0 Å². The maximum absolute atomic E-state index is 12.6. The smallest absolute Gasteiger partial charge is 0.232 e. The number of nitrogens with zero attached hydrogens (tertiary/aromatic N) is 5. The number of carbonyl (C=O) groups excluding carboxylic acids is 1. The molecule has 3 aromatic heterocycles. The topological polar surface area (TPSA) is 75.4 Å². The molecule has 0 aromatic carbocycles. The van der Waals surface area contributed by atoms with Gasteiger partial charge in [0, 0.05) is 44.2 Å². The van der Waals surface area contributed by atoms with Gasteiger partial charge < -0.3 is 14.3 Å². The van der Waals surface area contributed by atoms with Crippen LogP contribution >= 0.6 is 23.1 Å². The highest BCUT2D eigenvalue weighted by atomic mass is 32.2. The molecular formula is C19H21N5O2S2. The standard InChI is InChI=1S/C19H21N5O2S2/c25-19(14-27-13-15-12-16(26-22-15)17-4-2-11-28-17)24-8-3-7-23(9-10-24)18-5-1-6-20-21-18/h1-2,4-6,11-12H,3,7-10,13-14H2. The lowest BCUT2D eigenvalue weighted by atomic mass is 10.3. The molecule has 0 saturated carbocycles. The largest absolute Gasteiger partial charge is 0.355 e. The Morgan fingerprint density at radius 1 is 1.21 bits per heavy atom. The number of hydrogen-bond donors (Lipinski definition) is 0. The second-order valence-corrected chi connectivity index (χ2v) is 8.39. The van der Waals surface area contributed by atoms with E-state index in [4.69, 9.17) is 4.52 Å². The fourth-order valence-corrected chi connectivity index (χ4v) is 4.58. The van der Waals surface area contributed by atoms with Crippen LogP contribution < -0.4 is 4.90 Å². The minimum atomic E-state index is 0.174. The lowest BCUT2D eigenvalue weighted by Crippen LogP contribution is -2.36. The molecule has 0 radical (unpaired) electrons. The van der Waals surface area contributed by atoms with E-state index in [0.717, 1.165) is 48.2 Å². The number of thioether (sulfide) groups is 1. The van der Waals surface area contributed by atoms with Gasteiger partial charge in [0.05, 0.1) is 16.3 Å². The van der Waals surface area contributed by atoms with E-state index in [0.29, 0.717) is 18.1 Å². The van der Waals surface area contributed by atoms with Gasteiger partial charge in [0.2, 0.25) is 5.91 Å². The van der Waals surface area contributed by atoms with Crippen molar-refractivity contribution >= 4 is 34.8 Å². The molecular weight excluding hydrogens is 394 g/mol. The molecule has 0 spiro atoms. The van der Waals surface area contributed by atoms with E-state index in [1.807, 2.05) is 40.6 Å². The van der Waals surface area contributed by atoms with Crippen LogP contribution in [0.5, 0.6) is 0 Å². The predicted molar refractivity (Wildman–Crippen MR) is 111 cm³/mol. The van der Waals surface area contributed by atoms with Crippen LogP contribution in [-0.4, -0.2) is 58.1 Å². The number of anilines is 1.